The number of hydrogen-bond acceptors (Lipinski definition) is 3. The average Bonchev–Trinajstić information content (AvgIpc) is 2.85. The first kappa shape index (κ1) is 15.7. The molecule has 2 aliphatic rings. The van der Waals surface area contributed by atoms with E-state index in [4.69, 9.17) is 0 Å². The molecule has 2 N–H and O–H groups in total. The van der Waals surface area contributed by atoms with Crippen molar-refractivity contribution >= 4 is 13.8 Å². The Hall–Kier alpha value is -1.33. The first-order chi connectivity index (χ1) is 9.27. The van der Waals surface area contributed by atoms with E-state index in [0.29, 0.717) is 6.54 Å². The summed E-state index contributed by atoms with van der Waals surface area (Å²) in [6.07, 6.45) is 0. The van der Waals surface area contributed by atoms with Crippen molar-refractivity contribution in [3.05, 3.63) is 35.4 Å². The zero-order valence-corrected chi connectivity index (χ0v) is 11.8. The first-order valence-corrected chi connectivity index (χ1v) is 6.60. The van der Waals surface area contributed by atoms with Crippen LogP contribution < -0.4 is 10.6 Å². The van der Waals surface area contributed by atoms with Gasteiger partial charge >= 0.3 is 0 Å². The highest BCUT2D eigenvalue weighted by atomic mass is 16.1. The lowest BCUT2D eigenvalue weighted by molar-refractivity contribution is 0.0966. The number of carbonyl (C=O) groups is 1. The third kappa shape index (κ3) is 5.05. The SMILES string of the molecule is CN1CCNCC1.O=C1NCc2ccccc21.[B]C. The monoisotopic (exact) mass is 259 g/mol. The zero-order valence-electron chi connectivity index (χ0n) is 11.8. The molecule has 2 heterocycles. The van der Waals surface area contributed by atoms with Crippen molar-refractivity contribution in [2.45, 2.75) is 13.4 Å². The number of nitrogens with zero attached hydrogens (tertiary/aromatic N) is 1. The van der Waals surface area contributed by atoms with E-state index in [2.05, 4.69) is 30.4 Å². The van der Waals surface area contributed by atoms with Crippen LogP contribution in [0.1, 0.15) is 15.9 Å². The van der Waals surface area contributed by atoms with Gasteiger partial charge in [0.05, 0.1) is 7.85 Å². The van der Waals surface area contributed by atoms with Crippen LogP contribution in [0.25, 0.3) is 0 Å². The molecule has 0 bridgehead atoms. The maximum atomic E-state index is 11.0. The van der Waals surface area contributed by atoms with Gasteiger partial charge in [-0.25, -0.2) is 0 Å². The van der Waals surface area contributed by atoms with E-state index in [1.165, 1.54) is 19.9 Å². The predicted molar refractivity (Wildman–Crippen MR) is 79.6 cm³/mol. The van der Waals surface area contributed by atoms with Gasteiger partial charge in [0.25, 0.3) is 5.91 Å². The lowest BCUT2D eigenvalue weighted by atomic mass is 10.1. The molecule has 1 fully saturated rings. The molecule has 2 radical (unpaired) electrons. The second kappa shape index (κ2) is 8.72. The van der Waals surface area contributed by atoms with E-state index in [0.717, 1.165) is 24.2 Å². The number of carbonyl (C=O) groups excluding carboxylic acids is 1. The van der Waals surface area contributed by atoms with Crippen LogP contribution in [-0.2, 0) is 6.54 Å². The normalized spacial score (nSPS) is 17.3. The summed E-state index contributed by atoms with van der Waals surface area (Å²) in [4.78, 5) is 13.3. The summed E-state index contributed by atoms with van der Waals surface area (Å²) in [7, 11) is 6.65. The van der Waals surface area contributed by atoms with E-state index in [-0.39, 0.29) is 5.91 Å². The zero-order chi connectivity index (χ0) is 14.1. The molecule has 0 aromatic heterocycles. The van der Waals surface area contributed by atoms with Crippen molar-refractivity contribution in [1.29, 1.82) is 0 Å². The molecule has 1 aromatic carbocycles. The van der Waals surface area contributed by atoms with E-state index in [1.807, 2.05) is 24.3 Å². The van der Waals surface area contributed by atoms with Gasteiger partial charge in [-0.3, -0.25) is 4.79 Å². The highest BCUT2D eigenvalue weighted by molar-refractivity contribution is 6.05. The second-order valence-electron chi connectivity index (χ2n) is 4.39. The largest absolute Gasteiger partial charge is 0.348 e. The molecule has 0 aliphatic carbocycles. The predicted octanol–water partition coefficient (Wildman–Crippen LogP) is 0.654. The van der Waals surface area contributed by atoms with Gasteiger partial charge in [0.15, 0.2) is 0 Å². The number of benzene rings is 1. The molecule has 5 heteroatoms. The number of nitrogens with one attached hydrogen (secondary N) is 2. The molecule has 2 aliphatic heterocycles. The Balaban J connectivity index is 0.000000177. The van der Waals surface area contributed by atoms with Crippen LogP contribution >= 0.6 is 0 Å². The van der Waals surface area contributed by atoms with Crippen LogP contribution in [0.4, 0.5) is 0 Å². The van der Waals surface area contributed by atoms with Crippen molar-refractivity contribution in [2.24, 2.45) is 0 Å². The Morgan fingerprint density at radius 1 is 1.16 bits per heavy atom. The topological polar surface area (TPSA) is 44.4 Å². The maximum absolute atomic E-state index is 11.0. The lowest BCUT2D eigenvalue weighted by Gasteiger charge is -2.21. The Morgan fingerprint density at radius 2 is 1.79 bits per heavy atom. The molecule has 19 heavy (non-hydrogen) atoms. The minimum Gasteiger partial charge on any atom is -0.348 e. The molecule has 1 saturated heterocycles. The fourth-order valence-electron chi connectivity index (χ4n) is 1.94. The van der Waals surface area contributed by atoms with Crippen LogP contribution in [0.5, 0.6) is 0 Å². The number of amides is 1. The third-order valence-electron chi connectivity index (χ3n) is 3.04. The summed E-state index contributed by atoms with van der Waals surface area (Å²) in [6, 6.07) is 7.63. The fourth-order valence-corrected chi connectivity index (χ4v) is 1.94. The molecule has 0 atom stereocenters. The van der Waals surface area contributed by atoms with Crippen molar-refractivity contribution in [1.82, 2.24) is 15.5 Å². The number of rotatable bonds is 0. The van der Waals surface area contributed by atoms with Gasteiger partial charge in [-0.15, -0.1) is 0 Å². The van der Waals surface area contributed by atoms with Gasteiger partial charge in [0.2, 0.25) is 0 Å². The fraction of sp³-hybridized carbons (Fsp3) is 0.500. The highest BCUT2D eigenvalue weighted by Gasteiger charge is 2.16. The van der Waals surface area contributed by atoms with Gasteiger partial charge in [0.1, 0.15) is 0 Å². The van der Waals surface area contributed by atoms with Crippen LogP contribution in [0, 0.1) is 0 Å². The summed E-state index contributed by atoms with van der Waals surface area (Å²) in [6.45, 7) is 6.93. The lowest BCUT2D eigenvalue weighted by Crippen LogP contribution is -2.40. The molecule has 0 unspecified atom stereocenters. The van der Waals surface area contributed by atoms with Crippen LogP contribution in [-0.4, -0.2) is 51.9 Å². The van der Waals surface area contributed by atoms with Gasteiger partial charge in [-0.1, -0.05) is 25.0 Å². The Labute approximate surface area is 117 Å². The standard InChI is InChI=1S/C8H7NO.C5H12N2.CH3B/c10-8-7-4-2-1-3-6(7)5-9-8;1-7-4-2-6-3-5-7;1-2/h1-4H,5H2,(H,9,10);6H,2-5H2,1H3;1H3. The summed E-state index contributed by atoms with van der Waals surface area (Å²) in [5.41, 5.74) is 1.93. The Kier molecular flexibility index (Phi) is 7.22. The van der Waals surface area contributed by atoms with E-state index in [9.17, 15) is 4.79 Å². The van der Waals surface area contributed by atoms with Crippen molar-refractivity contribution in [2.75, 3.05) is 33.2 Å². The summed E-state index contributed by atoms with van der Waals surface area (Å²) in [5, 5.41) is 6.02. The van der Waals surface area contributed by atoms with Crippen molar-refractivity contribution < 1.29 is 4.79 Å². The van der Waals surface area contributed by atoms with Gasteiger partial charge in [-0.05, 0) is 18.7 Å². The highest BCUT2D eigenvalue weighted by Crippen LogP contribution is 2.13. The van der Waals surface area contributed by atoms with E-state index >= 15 is 0 Å². The maximum Gasteiger partial charge on any atom is 0.251 e. The average molecular weight is 259 g/mol. The number of piperazine rings is 1. The molecule has 0 saturated carbocycles. The van der Waals surface area contributed by atoms with Crippen LogP contribution in [0.2, 0.25) is 6.82 Å². The van der Waals surface area contributed by atoms with Gasteiger partial charge in [-0.2, -0.15) is 0 Å². The van der Waals surface area contributed by atoms with E-state index < -0.39 is 0 Å². The molecular formula is C14H22BN3O. The van der Waals surface area contributed by atoms with Crippen LogP contribution in [0.15, 0.2) is 24.3 Å². The molecule has 1 aromatic rings. The second-order valence-corrected chi connectivity index (χ2v) is 4.39. The quantitative estimate of drug-likeness (QED) is 0.672. The molecule has 102 valence electrons. The van der Waals surface area contributed by atoms with Crippen molar-refractivity contribution in [3.8, 4) is 0 Å². The van der Waals surface area contributed by atoms with Crippen molar-refractivity contribution in [3.63, 3.8) is 0 Å². The van der Waals surface area contributed by atoms with E-state index in [1.54, 1.807) is 0 Å². The minimum absolute atomic E-state index is 0.0515. The molecular weight excluding hydrogens is 237 g/mol. The molecule has 3 rings (SSSR count). The van der Waals surface area contributed by atoms with Gasteiger partial charge in [0, 0.05) is 38.3 Å². The molecule has 4 nitrogen and oxygen atoms in total. The number of fused-ring (bicyclic) bond motifs is 1. The minimum atomic E-state index is 0.0515. The van der Waals surface area contributed by atoms with Gasteiger partial charge < -0.3 is 15.5 Å². The summed E-state index contributed by atoms with van der Waals surface area (Å²) >= 11 is 0. The number of hydrogen-bond donors (Lipinski definition) is 2. The Bertz CT molecular complexity index is 392. The summed E-state index contributed by atoms with van der Waals surface area (Å²) in [5.74, 6) is 0.0515. The number of likely N-dealkylation sites (N-methyl/N-ethyl adjacent to an activating group) is 1. The molecule has 1 amide bonds. The Morgan fingerprint density at radius 3 is 2.32 bits per heavy atom. The first-order valence-electron chi connectivity index (χ1n) is 6.60. The third-order valence-corrected chi connectivity index (χ3v) is 3.04. The summed E-state index contributed by atoms with van der Waals surface area (Å²) < 4.78 is 0. The molecule has 0 spiro atoms. The smallest absolute Gasteiger partial charge is 0.251 e. The van der Waals surface area contributed by atoms with Crippen LogP contribution in [0.3, 0.4) is 0 Å².